The van der Waals surface area contributed by atoms with Crippen LogP contribution < -0.4 is 19.5 Å². The van der Waals surface area contributed by atoms with Gasteiger partial charge in [0.1, 0.15) is 5.78 Å². The number of hydrogen-bond donors (Lipinski definition) is 4. The summed E-state index contributed by atoms with van der Waals surface area (Å²) < 4.78 is 17.2. The van der Waals surface area contributed by atoms with Crippen LogP contribution in [0.3, 0.4) is 0 Å². The molecule has 0 radical (unpaired) electrons. The lowest BCUT2D eigenvalue weighted by Crippen LogP contribution is -2.32. The number of aryl methyl sites for hydroxylation is 2. The van der Waals surface area contributed by atoms with Crippen LogP contribution in [0.5, 0.6) is 23.0 Å². The minimum Gasteiger partial charge on any atom is -0.504 e. The number of methoxy groups -OCH3 is 2. The van der Waals surface area contributed by atoms with Crippen molar-refractivity contribution < 1.29 is 34.3 Å². The summed E-state index contributed by atoms with van der Waals surface area (Å²) in [4.78, 5) is 12.5. The first-order chi connectivity index (χ1) is 17.4. The molecule has 1 aliphatic carbocycles. The topological polar surface area (TPSA) is 117 Å². The zero-order valence-corrected chi connectivity index (χ0v) is 21.1. The first kappa shape index (κ1) is 27.3. The third-order valence-electron chi connectivity index (χ3n) is 6.21. The molecule has 194 valence electrons. The van der Waals surface area contributed by atoms with E-state index in [0.29, 0.717) is 49.2 Å². The molecule has 0 saturated carbocycles. The van der Waals surface area contributed by atoms with E-state index in [0.717, 1.165) is 16.7 Å². The summed E-state index contributed by atoms with van der Waals surface area (Å²) in [6.45, 7) is -0.0439. The minimum absolute atomic E-state index is 0.0289. The van der Waals surface area contributed by atoms with Crippen molar-refractivity contribution in [3.8, 4) is 34.8 Å². The zero-order valence-electron chi connectivity index (χ0n) is 21.1. The summed E-state index contributed by atoms with van der Waals surface area (Å²) in [5.41, 5.74) is 3.03. The number of aliphatic hydroxyl groups is 2. The highest BCUT2D eigenvalue weighted by Crippen LogP contribution is 2.36. The smallest absolute Gasteiger partial charge is 0.176 e. The molecule has 0 aromatic heterocycles. The van der Waals surface area contributed by atoms with Crippen LogP contribution in [0.15, 0.2) is 24.3 Å². The monoisotopic (exact) mass is 497 g/mol. The van der Waals surface area contributed by atoms with Crippen molar-refractivity contribution in [2.45, 2.75) is 57.3 Å². The Hall–Kier alpha value is -3.25. The van der Waals surface area contributed by atoms with Crippen LogP contribution in [0.2, 0.25) is 0 Å². The molecule has 4 N–H and O–H groups in total. The Labute approximate surface area is 212 Å². The van der Waals surface area contributed by atoms with Crippen LogP contribution in [0.25, 0.3) is 0 Å². The van der Waals surface area contributed by atoms with Crippen LogP contribution in [-0.2, 0) is 24.1 Å². The van der Waals surface area contributed by atoms with Gasteiger partial charge in [-0.3, -0.25) is 10.1 Å². The van der Waals surface area contributed by atoms with Gasteiger partial charge in [-0.25, -0.2) is 0 Å². The third-order valence-corrected chi connectivity index (χ3v) is 6.21. The van der Waals surface area contributed by atoms with Crippen molar-refractivity contribution in [3.05, 3.63) is 46.5 Å². The number of rotatable bonds is 7. The van der Waals surface area contributed by atoms with Gasteiger partial charge in [-0.05, 0) is 49.6 Å². The van der Waals surface area contributed by atoms with Gasteiger partial charge in [-0.1, -0.05) is 24.0 Å². The van der Waals surface area contributed by atoms with Crippen molar-refractivity contribution in [3.63, 3.8) is 0 Å². The Balaban J connectivity index is 2.11. The number of nitrogens with one attached hydrogen (secondary N) is 1. The molecule has 0 amide bonds. The van der Waals surface area contributed by atoms with Crippen molar-refractivity contribution in [1.29, 1.82) is 0 Å². The van der Waals surface area contributed by atoms with Gasteiger partial charge in [0.05, 0.1) is 25.9 Å². The maximum atomic E-state index is 12.5. The molecule has 2 unspecified atom stereocenters. The molecule has 0 heterocycles. The molecule has 2 aromatic carbocycles. The first-order valence-corrected chi connectivity index (χ1v) is 12.1. The number of aromatic hydroxyl groups is 1. The molecule has 0 spiro atoms. The van der Waals surface area contributed by atoms with Gasteiger partial charge in [0.2, 0.25) is 0 Å². The van der Waals surface area contributed by atoms with Crippen molar-refractivity contribution in [1.82, 2.24) is 5.32 Å². The van der Waals surface area contributed by atoms with E-state index in [1.807, 2.05) is 12.1 Å². The molecule has 3 rings (SSSR count). The van der Waals surface area contributed by atoms with Crippen LogP contribution in [0.4, 0.5) is 0 Å². The van der Waals surface area contributed by atoms with E-state index in [2.05, 4.69) is 17.2 Å². The predicted octanol–water partition coefficient (Wildman–Crippen LogP) is 2.51. The summed E-state index contributed by atoms with van der Waals surface area (Å²) >= 11 is 0. The Morgan fingerprint density at radius 1 is 1.11 bits per heavy atom. The Kier molecular flexibility index (Phi) is 10.00. The fourth-order valence-corrected chi connectivity index (χ4v) is 4.27. The lowest BCUT2D eigenvalue weighted by Gasteiger charge is -2.22. The largest absolute Gasteiger partial charge is 0.504 e. The number of carbonyl (C=O) groups excluding carboxylic acids is 1. The van der Waals surface area contributed by atoms with E-state index in [1.54, 1.807) is 20.2 Å². The van der Waals surface area contributed by atoms with Crippen LogP contribution >= 0.6 is 0 Å². The molecular formula is C28H35NO7. The lowest BCUT2D eigenvalue weighted by molar-refractivity contribution is -0.121. The van der Waals surface area contributed by atoms with Crippen molar-refractivity contribution >= 4 is 5.78 Å². The Morgan fingerprint density at radius 3 is 2.61 bits per heavy atom. The fourth-order valence-electron chi connectivity index (χ4n) is 4.27. The molecule has 36 heavy (non-hydrogen) atoms. The zero-order chi connectivity index (χ0) is 26.1. The molecule has 2 atom stereocenters. The fraction of sp³-hybridized carbons (Fsp3) is 0.464. The average Bonchev–Trinajstić information content (AvgIpc) is 2.87. The second-order valence-corrected chi connectivity index (χ2v) is 8.76. The highest BCUT2D eigenvalue weighted by Gasteiger charge is 2.20. The van der Waals surface area contributed by atoms with Gasteiger partial charge in [0.25, 0.3) is 0 Å². The van der Waals surface area contributed by atoms with Gasteiger partial charge in [-0.2, -0.15) is 0 Å². The van der Waals surface area contributed by atoms with Gasteiger partial charge in [-0.15, -0.1) is 0 Å². The van der Waals surface area contributed by atoms with Crippen LogP contribution in [0.1, 0.15) is 47.9 Å². The Morgan fingerprint density at radius 2 is 1.92 bits per heavy atom. The third kappa shape index (κ3) is 6.91. The number of phenolic OH excluding ortho intramolecular Hbond substituents is 1. The van der Waals surface area contributed by atoms with Crippen molar-refractivity contribution in [2.75, 3.05) is 27.9 Å². The van der Waals surface area contributed by atoms with Crippen molar-refractivity contribution in [2.24, 2.45) is 0 Å². The summed E-state index contributed by atoms with van der Waals surface area (Å²) in [7, 11) is 4.77. The number of ether oxygens (including phenoxy) is 3. The number of hydrogen-bond acceptors (Lipinski definition) is 8. The highest BCUT2D eigenvalue weighted by molar-refractivity contribution is 5.79. The standard InChI is InChI=1S/C28H35NO7/c1-29-26(13-14-30)36-27-20-5-4-6-23-19(9-12-24(33)28(23)35-3)8-11-22(32)17-21(31)10-7-18(15-20)16-25(27)34-2/h9,12,15-16,21,26,29-31,33H,5,7-8,10-11,13-14,17H2,1-3H3. The first-order valence-electron chi connectivity index (χ1n) is 12.1. The Bertz CT molecular complexity index is 1120. The number of benzene rings is 2. The molecule has 2 bridgehead atoms. The van der Waals surface area contributed by atoms with E-state index in [1.165, 1.54) is 13.2 Å². The highest BCUT2D eigenvalue weighted by atomic mass is 16.5. The number of phenols is 1. The second-order valence-electron chi connectivity index (χ2n) is 8.76. The van der Waals surface area contributed by atoms with Gasteiger partial charge in [0, 0.05) is 37.9 Å². The maximum Gasteiger partial charge on any atom is 0.176 e. The molecular weight excluding hydrogens is 462 g/mol. The lowest BCUT2D eigenvalue weighted by atomic mass is 9.97. The number of carbonyl (C=O) groups is 1. The van der Waals surface area contributed by atoms with E-state index in [9.17, 15) is 20.1 Å². The molecule has 1 aliphatic rings. The summed E-state index contributed by atoms with van der Waals surface area (Å²) in [5, 5.41) is 33.2. The SMILES string of the molecule is CNC(CCO)Oc1c2cc(cc1OC)CCC(O)CC(=O)CCc1ccc(O)c(OC)c1C#CC2. The number of ketones is 1. The van der Waals surface area contributed by atoms with Crippen LogP contribution in [-0.4, -0.2) is 61.3 Å². The van der Waals surface area contributed by atoms with E-state index >= 15 is 0 Å². The minimum atomic E-state index is -0.753. The molecule has 0 fully saturated rings. The predicted molar refractivity (Wildman–Crippen MR) is 136 cm³/mol. The average molecular weight is 498 g/mol. The second kappa shape index (κ2) is 13.2. The molecule has 2 aromatic rings. The van der Waals surface area contributed by atoms with E-state index < -0.39 is 12.3 Å². The van der Waals surface area contributed by atoms with Gasteiger partial charge in [0.15, 0.2) is 29.2 Å². The molecule has 0 saturated heterocycles. The van der Waals surface area contributed by atoms with E-state index in [-0.39, 0.29) is 36.7 Å². The summed E-state index contributed by atoms with van der Waals surface area (Å²) in [5.74, 6) is 7.55. The van der Waals surface area contributed by atoms with Gasteiger partial charge >= 0.3 is 0 Å². The number of fused-ring (bicyclic) bond motifs is 3. The number of Topliss-reactive ketones (excluding diaryl/α,β-unsaturated/α-hetero) is 1. The summed E-state index contributed by atoms with van der Waals surface area (Å²) in [6.07, 6.45) is 1.26. The van der Waals surface area contributed by atoms with E-state index in [4.69, 9.17) is 14.2 Å². The molecule has 8 heteroatoms. The maximum absolute atomic E-state index is 12.5. The number of aliphatic hydroxyl groups excluding tert-OH is 2. The quantitative estimate of drug-likeness (QED) is 0.341. The molecule has 8 nitrogen and oxygen atoms in total. The normalized spacial score (nSPS) is 17.0. The molecule has 0 aliphatic heterocycles. The summed E-state index contributed by atoms with van der Waals surface area (Å²) in [6, 6.07) is 7.11. The van der Waals surface area contributed by atoms with Gasteiger partial charge < -0.3 is 29.5 Å². The van der Waals surface area contributed by atoms with Crippen LogP contribution in [0, 0.1) is 11.8 Å².